The molecule has 8 nitrogen and oxygen atoms in total. The van der Waals surface area contributed by atoms with Gasteiger partial charge in [0.25, 0.3) is 11.8 Å². The summed E-state index contributed by atoms with van der Waals surface area (Å²) in [7, 11) is 0. The molecule has 5 atom stereocenters. The molecule has 172 valence electrons. The van der Waals surface area contributed by atoms with Crippen LogP contribution in [0, 0.1) is 23.7 Å². The number of carbonyl (C=O) groups excluding carboxylic acids is 2. The Morgan fingerprint density at radius 2 is 1.61 bits per heavy atom. The van der Waals surface area contributed by atoms with Crippen LogP contribution in [-0.4, -0.2) is 69.3 Å². The summed E-state index contributed by atoms with van der Waals surface area (Å²) in [5.41, 5.74) is 3.32. The second-order valence-corrected chi connectivity index (χ2v) is 9.89. The van der Waals surface area contributed by atoms with Gasteiger partial charge in [0.15, 0.2) is 6.10 Å². The Hall–Kier alpha value is -3.42. The van der Waals surface area contributed by atoms with E-state index in [1.54, 1.807) is 0 Å². The molecule has 0 radical (unpaired) electrons. The van der Waals surface area contributed by atoms with Gasteiger partial charge in [0, 0.05) is 34.6 Å². The number of para-hydroxylation sites is 1. The van der Waals surface area contributed by atoms with E-state index in [2.05, 4.69) is 21.5 Å². The molecule has 2 saturated heterocycles. The number of aryl methyl sites for hydroxylation is 1. The average Bonchev–Trinajstić information content (AvgIpc) is 3.56. The van der Waals surface area contributed by atoms with Crippen molar-refractivity contribution in [2.75, 3.05) is 26.2 Å². The molecule has 1 aliphatic carbocycles. The summed E-state index contributed by atoms with van der Waals surface area (Å²) in [6.45, 7) is 3.13. The van der Waals surface area contributed by atoms with Gasteiger partial charge in [0.1, 0.15) is 16.8 Å². The molecule has 8 heteroatoms. The summed E-state index contributed by atoms with van der Waals surface area (Å²) in [4.78, 5) is 30.3. The monoisotopic (exact) mass is 447 g/mol. The minimum Gasteiger partial charge on any atom is -0.480 e. The number of hydrogen-bond acceptors (Lipinski definition) is 5. The molecule has 0 bridgehead atoms. The van der Waals surface area contributed by atoms with Crippen molar-refractivity contribution in [3.8, 4) is 5.75 Å². The maximum atomic E-state index is 13.2. The number of benzene rings is 2. The number of carbonyl (C=O) groups is 2. The van der Waals surface area contributed by atoms with Crippen molar-refractivity contribution >= 4 is 22.8 Å². The number of aromatic nitrogens is 3. The van der Waals surface area contributed by atoms with Gasteiger partial charge in [-0.25, -0.2) is 0 Å². The quantitative estimate of drug-likeness (QED) is 0.652. The normalized spacial score (nSPS) is 29.8. The molecule has 4 aliphatic rings. The highest BCUT2D eigenvalue weighted by molar-refractivity contribution is 5.97. The number of ether oxygens (including phenoxy) is 1. The van der Waals surface area contributed by atoms with Crippen molar-refractivity contribution in [2.24, 2.45) is 23.7 Å². The van der Waals surface area contributed by atoms with E-state index < -0.39 is 0 Å². The van der Waals surface area contributed by atoms with Crippen molar-refractivity contribution in [3.63, 3.8) is 0 Å². The molecule has 3 fully saturated rings. The van der Waals surface area contributed by atoms with Gasteiger partial charge >= 0.3 is 0 Å². The van der Waals surface area contributed by atoms with Crippen LogP contribution in [0.25, 0.3) is 11.0 Å². The Morgan fingerprint density at radius 1 is 0.909 bits per heavy atom. The summed E-state index contributed by atoms with van der Waals surface area (Å²) < 4.78 is 6.06. The maximum Gasteiger partial charge on any atom is 0.263 e. The topological polar surface area (TPSA) is 91.4 Å². The van der Waals surface area contributed by atoms with Gasteiger partial charge in [0.2, 0.25) is 0 Å². The van der Waals surface area contributed by atoms with E-state index in [0.29, 0.717) is 34.8 Å². The van der Waals surface area contributed by atoms with E-state index in [-0.39, 0.29) is 20.8 Å². The first-order valence-corrected chi connectivity index (χ1v) is 11.8. The van der Waals surface area contributed by atoms with Crippen molar-refractivity contribution in [1.29, 1.82) is 0 Å². The van der Waals surface area contributed by atoms with Crippen LogP contribution in [0.3, 0.4) is 0 Å². The second kappa shape index (κ2) is 7.04. The Labute approximate surface area is 193 Å². The van der Waals surface area contributed by atoms with Crippen molar-refractivity contribution in [3.05, 3.63) is 53.6 Å². The molecule has 2 aromatic carbocycles. The lowest BCUT2D eigenvalue weighted by Crippen LogP contribution is -2.44. The summed E-state index contributed by atoms with van der Waals surface area (Å²) in [5, 5.41) is 10.8. The molecule has 3 aliphatic heterocycles. The highest BCUT2D eigenvalue weighted by Crippen LogP contribution is 2.54. The van der Waals surface area contributed by atoms with Crippen LogP contribution in [0.15, 0.2) is 42.5 Å². The molecule has 1 N–H and O–H groups in total. The molecular formula is C25H29N5O3. The fraction of sp³-hybridized carbons (Fsp3) is 0.440. The minimum absolute atomic E-state index is 0. The number of hydrogen-bond donors (Lipinski definition) is 1. The molecule has 0 spiro atoms. The van der Waals surface area contributed by atoms with Crippen molar-refractivity contribution < 1.29 is 17.2 Å². The fourth-order valence-corrected chi connectivity index (χ4v) is 6.58. The molecule has 3 aromatic rings. The van der Waals surface area contributed by atoms with Crippen molar-refractivity contribution in [1.82, 2.24) is 25.2 Å². The van der Waals surface area contributed by atoms with Gasteiger partial charge in [-0.05, 0) is 66.3 Å². The number of likely N-dealkylation sites (tertiary alicyclic amines) is 2. The zero-order valence-corrected chi connectivity index (χ0v) is 18.2. The zero-order valence-electron chi connectivity index (χ0n) is 18.2. The third kappa shape index (κ3) is 2.89. The summed E-state index contributed by atoms with van der Waals surface area (Å²) in [5.74, 6) is 3.00. The van der Waals surface area contributed by atoms with Gasteiger partial charge in [-0.3, -0.25) is 9.59 Å². The van der Waals surface area contributed by atoms with E-state index >= 15 is 0 Å². The SMILES string of the molecule is O=C(c1ccc2n[nH]nc2c1)N1C[C@@H]2C3CN(C(=O)C4CCc5ccccc5O4)CC3[C@@H]2C1.[HH].[HH]. The summed E-state index contributed by atoms with van der Waals surface area (Å²) in [6, 6.07) is 13.5. The first kappa shape index (κ1) is 19.1. The molecular weight excluding hydrogens is 418 g/mol. The van der Waals surface area contributed by atoms with Crippen LogP contribution >= 0.6 is 0 Å². The third-order valence-corrected chi connectivity index (χ3v) is 8.28. The number of aromatic amines is 1. The van der Waals surface area contributed by atoms with Crippen LogP contribution in [0.1, 0.15) is 25.2 Å². The largest absolute Gasteiger partial charge is 0.480 e. The van der Waals surface area contributed by atoms with E-state index in [1.807, 2.05) is 46.2 Å². The van der Waals surface area contributed by atoms with Gasteiger partial charge in [0.05, 0.1) is 0 Å². The second-order valence-electron chi connectivity index (χ2n) is 9.89. The van der Waals surface area contributed by atoms with Crippen LogP contribution in [0.4, 0.5) is 0 Å². The number of nitrogens with zero attached hydrogens (tertiary/aromatic N) is 4. The van der Waals surface area contributed by atoms with E-state index in [1.165, 1.54) is 5.56 Å². The van der Waals surface area contributed by atoms with E-state index in [9.17, 15) is 9.59 Å². The van der Waals surface area contributed by atoms with Crippen LogP contribution in [-0.2, 0) is 11.2 Å². The molecule has 4 heterocycles. The first-order valence-electron chi connectivity index (χ1n) is 11.8. The number of nitrogens with one attached hydrogen (secondary N) is 1. The lowest BCUT2D eigenvalue weighted by Gasteiger charge is -2.42. The Balaban J connectivity index is 0.00000127. The van der Waals surface area contributed by atoms with E-state index in [0.717, 1.165) is 50.3 Å². The zero-order chi connectivity index (χ0) is 22.1. The van der Waals surface area contributed by atoms with Gasteiger partial charge in [-0.1, -0.05) is 18.2 Å². The first-order chi connectivity index (χ1) is 16.2. The number of amides is 2. The maximum absolute atomic E-state index is 13.2. The lowest BCUT2D eigenvalue weighted by atomic mass is 9.60. The van der Waals surface area contributed by atoms with Crippen LogP contribution in [0.2, 0.25) is 0 Å². The third-order valence-electron chi connectivity index (χ3n) is 8.28. The number of H-pyrrole nitrogens is 1. The van der Waals surface area contributed by atoms with Crippen LogP contribution in [0.5, 0.6) is 5.75 Å². The Kier molecular flexibility index (Phi) is 4.07. The average molecular weight is 448 g/mol. The highest BCUT2D eigenvalue weighted by Gasteiger charge is 2.59. The molecule has 7 rings (SSSR count). The highest BCUT2D eigenvalue weighted by atomic mass is 16.5. The molecule has 33 heavy (non-hydrogen) atoms. The molecule has 2 amide bonds. The van der Waals surface area contributed by atoms with E-state index in [4.69, 9.17) is 4.74 Å². The van der Waals surface area contributed by atoms with Crippen LogP contribution < -0.4 is 4.74 Å². The predicted octanol–water partition coefficient (Wildman–Crippen LogP) is 2.62. The molecule has 1 aromatic heterocycles. The standard InChI is InChI=1S/C25H25N5O3.2H2/c31-24(15-5-7-20-21(9-15)27-28-26-20)29-10-16-17(11-29)19-13-30(12-18(16)19)25(32)23-8-6-14-3-1-2-4-22(14)33-23;;/h1-5,7,9,16-19,23H,6,8,10-13H2,(H,26,27,28);2*1H/t16-,17+,18?,19?,23?;;. The smallest absolute Gasteiger partial charge is 0.263 e. The lowest BCUT2D eigenvalue weighted by molar-refractivity contribution is -0.138. The number of rotatable bonds is 2. The summed E-state index contributed by atoms with van der Waals surface area (Å²) >= 11 is 0. The minimum atomic E-state index is -0.373. The molecule has 1 saturated carbocycles. The fourth-order valence-electron chi connectivity index (χ4n) is 6.58. The predicted molar refractivity (Wildman–Crippen MR) is 124 cm³/mol. The van der Waals surface area contributed by atoms with Gasteiger partial charge in [-0.15, -0.1) is 0 Å². The summed E-state index contributed by atoms with van der Waals surface area (Å²) in [6.07, 6.45) is 1.25. The Morgan fingerprint density at radius 3 is 2.39 bits per heavy atom. The van der Waals surface area contributed by atoms with Gasteiger partial charge < -0.3 is 14.5 Å². The van der Waals surface area contributed by atoms with Crippen molar-refractivity contribution in [2.45, 2.75) is 18.9 Å². The Bertz CT molecular complexity index is 1260. The van der Waals surface area contributed by atoms with Gasteiger partial charge in [-0.2, -0.15) is 15.4 Å². The molecule has 3 unspecified atom stereocenters. The number of fused-ring (bicyclic) bond motifs is 6.